The molecule has 1 N–H and O–H groups in total. The lowest BCUT2D eigenvalue weighted by atomic mass is 9.83. The first-order valence-electron chi connectivity index (χ1n) is 8.56. The second-order valence-corrected chi connectivity index (χ2v) is 7.29. The Labute approximate surface area is 146 Å². The van der Waals surface area contributed by atoms with E-state index in [1.54, 1.807) is 11.0 Å². The predicted molar refractivity (Wildman–Crippen MR) is 93.1 cm³/mol. The van der Waals surface area contributed by atoms with Crippen LogP contribution >= 0.6 is 0 Å². The number of fused-ring (bicyclic) bond motifs is 3. The number of ether oxygens (including phenoxy) is 1. The molecule has 5 nitrogen and oxygen atoms in total. The van der Waals surface area contributed by atoms with Gasteiger partial charge in [0, 0.05) is 29.3 Å². The van der Waals surface area contributed by atoms with Crippen LogP contribution in [0.3, 0.4) is 0 Å². The van der Waals surface area contributed by atoms with Gasteiger partial charge in [-0.25, -0.2) is 0 Å². The Balaban J connectivity index is 2.01. The number of rotatable bonds is 1. The van der Waals surface area contributed by atoms with Gasteiger partial charge in [-0.05, 0) is 26.3 Å². The smallest absolute Gasteiger partial charge is 0.223 e. The number of hydrogen-bond acceptors (Lipinski definition) is 4. The topological polar surface area (TPSA) is 73.6 Å². The van der Waals surface area contributed by atoms with Crippen molar-refractivity contribution >= 4 is 16.7 Å². The van der Waals surface area contributed by atoms with Gasteiger partial charge in [0.2, 0.25) is 5.91 Å². The lowest BCUT2D eigenvalue weighted by molar-refractivity contribution is -0.139. The number of likely N-dealkylation sites (tertiary alicyclic amines) is 1. The molecular formula is C20H20N2O3. The molecule has 128 valence electrons. The van der Waals surface area contributed by atoms with Crippen molar-refractivity contribution in [3.05, 3.63) is 41.5 Å². The van der Waals surface area contributed by atoms with Crippen LogP contribution in [0.2, 0.25) is 0 Å². The first kappa shape index (κ1) is 15.9. The Morgan fingerprint density at radius 3 is 2.68 bits per heavy atom. The summed E-state index contributed by atoms with van der Waals surface area (Å²) in [5, 5.41) is 22.2. The summed E-state index contributed by atoms with van der Waals surface area (Å²) in [6.07, 6.45) is 0.422. The summed E-state index contributed by atoms with van der Waals surface area (Å²) < 4.78 is 6.17. The minimum Gasteiger partial charge on any atom is -0.484 e. The fourth-order valence-electron chi connectivity index (χ4n) is 3.97. The van der Waals surface area contributed by atoms with E-state index in [4.69, 9.17) is 4.74 Å². The van der Waals surface area contributed by atoms with Crippen LogP contribution in [-0.2, 0) is 4.79 Å². The third-order valence-electron chi connectivity index (χ3n) is 5.29. The van der Waals surface area contributed by atoms with Crippen molar-refractivity contribution in [1.29, 1.82) is 5.26 Å². The average Bonchev–Trinajstić information content (AvgIpc) is 3.01. The summed E-state index contributed by atoms with van der Waals surface area (Å²) in [6, 6.07) is 11.1. The zero-order valence-corrected chi connectivity index (χ0v) is 14.3. The van der Waals surface area contributed by atoms with Crippen molar-refractivity contribution in [3.63, 3.8) is 0 Å². The molecule has 2 atom stereocenters. The van der Waals surface area contributed by atoms with Crippen LogP contribution in [0.1, 0.15) is 43.9 Å². The van der Waals surface area contributed by atoms with Crippen LogP contribution in [0, 0.1) is 11.3 Å². The largest absolute Gasteiger partial charge is 0.484 e. The fraction of sp³-hybridized carbons (Fsp3) is 0.400. The monoisotopic (exact) mass is 336 g/mol. The molecule has 2 heterocycles. The van der Waals surface area contributed by atoms with E-state index in [1.165, 1.54) is 0 Å². The molecule has 5 heteroatoms. The van der Waals surface area contributed by atoms with E-state index in [0.29, 0.717) is 24.3 Å². The van der Waals surface area contributed by atoms with Crippen molar-refractivity contribution in [2.24, 2.45) is 0 Å². The number of carbonyl (C=O) groups excluding carboxylic acids is 1. The highest BCUT2D eigenvalue weighted by atomic mass is 16.5. The van der Waals surface area contributed by atoms with Crippen LogP contribution in [0.15, 0.2) is 30.3 Å². The maximum atomic E-state index is 12.4. The van der Waals surface area contributed by atoms with Gasteiger partial charge < -0.3 is 14.7 Å². The van der Waals surface area contributed by atoms with Crippen molar-refractivity contribution in [2.45, 2.75) is 44.4 Å². The van der Waals surface area contributed by atoms with Gasteiger partial charge in [-0.2, -0.15) is 5.26 Å². The molecule has 0 bridgehead atoms. The first-order valence-corrected chi connectivity index (χ1v) is 8.56. The van der Waals surface area contributed by atoms with Crippen LogP contribution in [0.5, 0.6) is 5.75 Å². The lowest BCUT2D eigenvalue weighted by Gasteiger charge is -2.45. The van der Waals surface area contributed by atoms with E-state index in [1.807, 2.05) is 38.1 Å². The molecule has 2 aromatic carbocycles. The quantitative estimate of drug-likeness (QED) is 0.869. The summed E-state index contributed by atoms with van der Waals surface area (Å²) in [5.74, 6) is 0.703. The molecule has 1 fully saturated rings. The van der Waals surface area contributed by atoms with Crippen LogP contribution in [0.25, 0.3) is 10.8 Å². The van der Waals surface area contributed by atoms with Gasteiger partial charge in [0.05, 0.1) is 17.7 Å². The van der Waals surface area contributed by atoms with Crippen molar-refractivity contribution < 1.29 is 14.6 Å². The number of amides is 1. The molecule has 0 unspecified atom stereocenters. The van der Waals surface area contributed by atoms with Gasteiger partial charge in [-0.15, -0.1) is 0 Å². The predicted octanol–water partition coefficient (Wildman–Crippen LogP) is 2.91. The average molecular weight is 336 g/mol. The second kappa shape index (κ2) is 5.47. The maximum absolute atomic E-state index is 12.4. The first-order chi connectivity index (χ1) is 11.9. The number of carbonyl (C=O) groups is 1. The number of nitrogens with zero attached hydrogens (tertiary/aromatic N) is 2. The molecule has 0 aliphatic carbocycles. The molecule has 0 spiro atoms. The zero-order chi connectivity index (χ0) is 17.8. The molecule has 1 amide bonds. The van der Waals surface area contributed by atoms with Gasteiger partial charge in [0.25, 0.3) is 0 Å². The van der Waals surface area contributed by atoms with Crippen molar-refractivity contribution in [3.8, 4) is 11.8 Å². The highest BCUT2D eigenvalue weighted by Gasteiger charge is 2.48. The summed E-state index contributed by atoms with van der Waals surface area (Å²) in [5.41, 5.74) is 0.413. The van der Waals surface area contributed by atoms with Gasteiger partial charge in [-0.1, -0.05) is 24.3 Å². The molecule has 0 radical (unpaired) electrons. The van der Waals surface area contributed by atoms with Gasteiger partial charge in [0.1, 0.15) is 17.5 Å². The molecule has 0 aromatic heterocycles. The minimum atomic E-state index is -0.866. The summed E-state index contributed by atoms with van der Waals surface area (Å²) in [4.78, 5) is 14.1. The standard InChI is InChI=1S/C20H20N2O3/c1-20(2)19(24)17(22-9-5-8-16(22)23)15-10-12(11-21)13-6-3-4-7-14(13)18(15)25-20/h3-4,6-7,10,17,19,24H,5,8-9H2,1-2H3/t17-,19+/m1/s1. The van der Waals surface area contributed by atoms with E-state index < -0.39 is 17.7 Å². The molecule has 2 aliphatic heterocycles. The summed E-state index contributed by atoms with van der Waals surface area (Å²) >= 11 is 0. The Kier molecular flexibility index (Phi) is 3.48. The van der Waals surface area contributed by atoms with E-state index >= 15 is 0 Å². The van der Waals surface area contributed by atoms with Gasteiger partial charge in [-0.3, -0.25) is 4.79 Å². The SMILES string of the molecule is CC1(C)Oc2c(cc(C#N)c3ccccc23)[C@@H](N2CCCC2=O)[C@@H]1O. The zero-order valence-electron chi connectivity index (χ0n) is 14.3. The third-order valence-corrected chi connectivity index (χ3v) is 5.29. The lowest BCUT2D eigenvalue weighted by Crippen LogP contribution is -2.53. The van der Waals surface area contributed by atoms with Gasteiger partial charge >= 0.3 is 0 Å². The van der Waals surface area contributed by atoms with E-state index in [-0.39, 0.29) is 5.91 Å². The summed E-state index contributed by atoms with van der Waals surface area (Å²) in [7, 11) is 0. The number of aliphatic hydroxyl groups excluding tert-OH is 1. The second-order valence-electron chi connectivity index (χ2n) is 7.29. The number of hydrogen-bond donors (Lipinski definition) is 1. The van der Waals surface area contributed by atoms with Crippen LogP contribution < -0.4 is 4.74 Å². The number of benzene rings is 2. The molecule has 0 saturated carbocycles. The normalized spacial score (nSPS) is 24.7. The van der Waals surface area contributed by atoms with E-state index in [2.05, 4.69) is 6.07 Å². The Morgan fingerprint density at radius 2 is 2.04 bits per heavy atom. The third kappa shape index (κ3) is 2.29. The Bertz CT molecular complexity index is 913. The van der Waals surface area contributed by atoms with E-state index in [9.17, 15) is 15.2 Å². The molecule has 4 rings (SSSR count). The number of nitriles is 1. The molecule has 2 aliphatic rings. The van der Waals surface area contributed by atoms with Crippen LogP contribution in [0.4, 0.5) is 0 Å². The minimum absolute atomic E-state index is 0.0411. The highest BCUT2D eigenvalue weighted by molar-refractivity contribution is 5.94. The summed E-state index contributed by atoms with van der Waals surface area (Å²) in [6.45, 7) is 4.28. The van der Waals surface area contributed by atoms with Crippen molar-refractivity contribution in [1.82, 2.24) is 4.90 Å². The van der Waals surface area contributed by atoms with E-state index in [0.717, 1.165) is 22.8 Å². The number of aliphatic hydroxyl groups is 1. The molecule has 1 saturated heterocycles. The maximum Gasteiger partial charge on any atom is 0.223 e. The Morgan fingerprint density at radius 1 is 1.32 bits per heavy atom. The molecular weight excluding hydrogens is 316 g/mol. The Hall–Kier alpha value is -2.58. The molecule has 25 heavy (non-hydrogen) atoms. The van der Waals surface area contributed by atoms with Gasteiger partial charge in [0.15, 0.2) is 0 Å². The van der Waals surface area contributed by atoms with Crippen LogP contribution in [-0.4, -0.2) is 34.2 Å². The highest BCUT2D eigenvalue weighted by Crippen LogP contribution is 2.47. The molecule has 2 aromatic rings. The van der Waals surface area contributed by atoms with Crippen molar-refractivity contribution in [2.75, 3.05) is 6.54 Å². The fourth-order valence-corrected chi connectivity index (χ4v) is 3.97.